The molecule has 0 amide bonds. The first kappa shape index (κ1) is 15.4. The van der Waals surface area contributed by atoms with Gasteiger partial charge in [0, 0.05) is 18.2 Å². The van der Waals surface area contributed by atoms with Crippen LogP contribution in [-0.2, 0) is 13.0 Å². The van der Waals surface area contributed by atoms with Crippen LogP contribution < -0.4 is 10.1 Å². The van der Waals surface area contributed by atoms with Crippen LogP contribution in [0.3, 0.4) is 0 Å². The maximum Gasteiger partial charge on any atom is 0.127 e. The summed E-state index contributed by atoms with van der Waals surface area (Å²) in [5.74, 6) is 0.0158. The van der Waals surface area contributed by atoms with Crippen molar-refractivity contribution in [3.05, 3.63) is 65.2 Å². The average molecular weight is 291 g/mol. The summed E-state index contributed by atoms with van der Waals surface area (Å²) in [5, 5.41) is 3.20. The standard InChI is InChI=1S/C17H19F2NO/c1-12(9-13-5-3-4-6-17(13)21-2)20-11-14-10-15(18)7-8-16(14)19/h3-8,10,12,20H,9,11H2,1-2H3. The molecule has 0 aromatic heterocycles. The summed E-state index contributed by atoms with van der Waals surface area (Å²) in [4.78, 5) is 0. The summed E-state index contributed by atoms with van der Waals surface area (Å²) in [6.07, 6.45) is 0.751. The van der Waals surface area contributed by atoms with Crippen LogP contribution in [0.4, 0.5) is 8.78 Å². The lowest BCUT2D eigenvalue weighted by Gasteiger charge is -2.16. The topological polar surface area (TPSA) is 21.3 Å². The molecule has 0 spiro atoms. The van der Waals surface area contributed by atoms with Crippen LogP contribution in [0.5, 0.6) is 5.75 Å². The number of methoxy groups -OCH3 is 1. The highest BCUT2D eigenvalue weighted by Crippen LogP contribution is 2.19. The van der Waals surface area contributed by atoms with Gasteiger partial charge < -0.3 is 10.1 Å². The van der Waals surface area contributed by atoms with Crippen molar-refractivity contribution >= 4 is 0 Å². The van der Waals surface area contributed by atoms with E-state index in [9.17, 15) is 8.78 Å². The lowest BCUT2D eigenvalue weighted by molar-refractivity contribution is 0.405. The van der Waals surface area contributed by atoms with E-state index < -0.39 is 11.6 Å². The first-order chi connectivity index (χ1) is 10.1. The summed E-state index contributed by atoms with van der Waals surface area (Å²) in [5.41, 5.74) is 1.42. The van der Waals surface area contributed by atoms with E-state index in [4.69, 9.17) is 4.74 Å². The summed E-state index contributed by atoms with van der Waals surface area (Å²) in [6.45, 7) is 2.30. The number of ether oxygens (including phenoxy) is 1. The Bertz CT molecular complexity index is 601. The molecule has 2 aromatic rings. The van der Waals surface area contributed by atoms with Gasteiger partial charge in [0.2, 0.25) is 0 Å². The fourth-order valence-corrected chi connectivity index (χ4v) is 2.24. The zero-order valence-electron chi connectivity index (χ0n) is 12.2. The Morgan fingerprint density at radius 1 is 1.10 bits per heavy atom. The van der Waals surface area contributed by atoms with Crippen LogP contribution in [-0.4, -0.2) is 13.2 Å². The first-order valence-electron chi connectivity index (χ1n) is 6.89. The maximum atomic E-state index is 13.5. The minimum atomic E-state index is -0.425. The first-order valence-corrected chi connectivity index (χ1v) is 6.89. The third kappa shape index (κ3) is 4.26. The summed E-state index contributed by atoms with van der Waals surface area (Å²) < 4.78 is 32.0. The van der Waals surface area contributed by atoms with E-state index in [0.717, 1.165) is 29.9 Å². The number of hydrogen-bond donors (Lipinski definition) is 1. The van der Waals surface area contributed by atoms with E-state index >= 15 is 0 Å². The van der Waals surface area contributed by atoms with E-state index in [0.29, 0.717) is 12.1 Å². The van der Waals surface area contributed by atoms with Gasteiger partial charge in [0.25, 0.3) is 0 Å². The number of para-hydroxylation sites is 1. The molecule has 0 bridgehead atoms. The van der Waals surface area contributed by atoms with Crippen molar-refractivity contribution < 1.29 is 13.5 Å². The Hall–Kier alpha value is -1.94. The van der Waals surface area contributed by atoms with Crippen molar-refractivity contribution in [1.29, 1.82) is 0 Å². The summed E-state index contributed by atoms with van der Waals surface area (Å²) >= 11 is 0. The van der Waals surface area contributed by atoms with Crippen molar-refractivity contribution in [3.8, 4) is 5.75 Å². The largest absolute Gasteiger partial charge is 0.496 e. The lowest BCUT2D eigenvalue weighted by atomic mass is 10.1. The zero-order chi connectivity index (χ0) is 15.2. The molecule has 0 aliphatic rings. The number of rotatable bonds is 6. The highest BCUT2D eigenvalue weighted by Gasteiger charge is 2.09. The Balaban J connectivity index is 1.96. The van der Waals surface area contributed by atoms with Crippen LogP contribution in [0.1, 0.15) is 18.1 Å². The zero-order valence-corrected chi connectivity index (χ0v) is 12.2. The Morgan fingerprint density at radius 3 is 2.62 bits per heavy atom. The molecule has 0 fully saturated rings. The van der Waals surface area contributed by atoms with Gasteiger partial charge in [-0.1, -0.05) is 18.2 Å². The van der Waals surface area contributed by atoms with E-state index in [-0.39, 0.29) is 6.04 Å². The molecule has 112 valence electrons. The SMILES string of the molecule is COc1ccccc1CC(C)NCc1cc(F)ccc1F. The highest BCUT2D eigenvalue weighted by atomic mass is 19.1. The van der Waals surface area contributed by atoms with Gasteiger partial charge in [-0.15, -0.1) is 0 Å². The van der Waals surface area contributed by atoms with Gasteiger partial charge in [-0.05, 0) is 43.2 Å². The van der Waals surface area contributed by atoms with Gasteiger partial charge >= 0.3 is 0 Å². The van der Waals surface area contributed by atoms with Crippen LogP contribution in [0, 0.1) is 11.6 Å². The van der Waals surface area contributed by atoms with E-state index in [1.807, 2.05) is 31.2 Å². The molecule has 2 aromatic carbocycles. The summed E-state index contributed by atoms with van der Waals surface area (Å²) in [7, 11) is 1.64. The van der Waals surface area contributed by atoms with Crippen LogP contribution in [0.15, 0.2) is 42.5 Å². The van der Waals surface area contributed by atoms with E-state index in [1.54, 1.807) is 7.11 Å². The molecular formula is C17H19F2NO. The molecule has 0 heterocycles. The molecule has 2 rings (SSSR count). The minimum absolute atomic E-state index is 0.115. The molecule has 0 radical (unpaired) electrons. The molecule has 4 heteroatoms. The second-order valence-corrected chi connectivity index (χ2v) is 5.03. The fraction of sp³-hybridized carbons (Fsp3) is 0.294. The third-order valence-corrected chi connectivity index (χ3v) is 3.37. The van der Waals surface area contributed by atoms with Crippen LogP contribution in [0.25, 0.3) is 0 Å². The predicted octanol–water partition coefficient (Wildman–Crippen LogP) is 3.69. The number of nitrogens with one attached hydrogen (secondary N) is 1. The Morgan fingerprint density at radius 2 is 1.86 bits per heavy atom. The van der Waals surface area contributed by atoms with Gasteiger partial charge in [0.05, 0.1) is 7.11 Å². The number of halogens is 2. The average Bonchev–Trinajstić information content (AvgIpc) is 2.49. The molecule has 2 nitrogen and oxygen atoms in total. The Labute approximate surface area is 123 Å². The number of hydrogen-bond acceptors (Lipinski definition) is 2. The smallest absolute Gasteiger partial charge is 0.127 e. The molecule has 21 heavy (non-hydrogen) atoms. The second kappa shape index (κ2) is 7.18. The van der Waals surface area contributed by atoms with Gasteiger partial charge in [-0.2, -0.15) is 0 Å². The quantitative estimate of drug-likeness (QED) is 0.876. The summed E-state index contributed by atoms with van der Waals surface area (Å²) in [6, 6.07) is 11.4. The van der Waals surface area contributed by atoms with Gasteiger partial charge in [0.15, 0.2) is 0 Å². The highest BCUT2D eigenvalue weighted by molar-refractivity contribution is 5.33. The van der Waals surface area contributed by atoms with Gasteiger partial charge in [0.1, 0.15) is 17.4 Å². The monoisotopic (exact) mass is 291 g/mol. The fourth-order valence-electron chi connectivity index (χ4n) is 2.24. The van der Waals surface area contributed by atoms with Crippen molar-refractivity contribution in [1.82, 2.24) is 5.32 Å². The predicted molar refractivity (Wildman–Crippen MR) is 79.4 cm³/mol. The molecule has 0 saturated carbocycles. The molecule has 0 saturated heterocycles. The lowest BCUT2D eigenvalue weighted by Crippen LogP contribution is -2.28. The van der Waals surface area contributed by atoms with Crippen LogP contribution >= 0.6 is 0 Å². The molecule has 0 aliphatic carbocycles. The molecule has 1 unspecified atom stereocenters. The van der Waals surface area contributed by atoms with E-state index in [1.165, 1.54) is 6.07 Å². The molecule has 1 N–H and O–H groups in total. The van der Waals surface area contributed by atoms with Crippen molar-refractivity contribution in [2.45, 2.75) is 25.9 Å². The minimum Gasteiger partial charge on any atom is -0.496 e. The molecular weight excluding hydrogens is 272 g/mol. The number of benzene rings is 2. The third-order valence-electron chi connectivity index (χ3n) is 3.37. The molecule has 1 atom stereocenters. The van der Waals surface area contributed by atoms with Crippen molar-refractivity contribution in [2.24, 2.45) is 0 Å². The normalized spacial score (nSPS) is 12.2. The molecule has 0 aliphatic heterocycles. The van der Waals surface area contributed by atoms with E-state index in [2.05, 4.69) is 5.32 Å². The van der Waals surface area contributed by atoms with Crippen molar-refractivity contribution in [3.63, 3.8) is 0 Å². The maximum absolute atomic E-state index is 13.5. The van der Waals surface area contributed by atoms with Crippen molar-refractivity contribution in [2.75, 3.05) is 7.11 Å². The van der Waals surface area contributed by atoms with Crippen LogP contribution in [0.2, 0.25) is 0 Å². The van der Waals surface area contributed by atoms with Gasteiger partial charge in [-0.3, -0.25) is 0 Å². The second-order valence-electron chi connectivity index (χ2n) is 5.03. The Kier molecular flexibility index (Phi) is 5.28. The van der Waals surface area contributed by atoms with Gasteiger partial charge in [-0.25, -0.2) is 8.78 Å².